The van der Waals surface area contributed by atoms with Crippen LogP contribution in [0.4, 0.5) is 0 Å². The minimum absolute atomic E-state index is 0.392. The summed E-state index contributed by atoms with van der Waals surface area (Å²) in [6.45, 7) is 6.15. The third kappa shape index (κ3) is 4.23. The molecule has 0 aliphatic rings. The van der Waals surface area contributed by atoms with Crippen molar-refractivity contribution in [1.29, 1.82) is 0 Å². The Morgan fingerprint density at radius 3 is 2.65 bits per heavy atom. The van der Waals surface area contributed by atoms with E-state index in [9.17, 15) is 5.11 Å². The Labute approximate surface area is 104 Å². The van der Waals surface area contributed by atoms with Crippen molar-refractivity contribution >= 4 is 0 Å². The standard InChI is InChI=1S/C15H22O2/c1-11(2)6-5-7-15(16)14-9-8-13(17-4)10-12(14)3/h6,8-10,15-16H,5,7H2,1-4H3. The Morgan fingerprint density at radius 2 is 2.12 bits per heavy atom. The van der Waals surface area contributed by atoms with Gasteiger partial charge in [-0.25, -0.2) is 0 Å². The Hall–Kier alpha value is -1.28. The molecule has 0 bridgehead atoms. The summed E-state index contributed by atoms with van der Waals surface area (Å²) in [4.78, 5) is 0. The predicted molar refractivity (Wildman–Crippen MR) is 71.4 cm³/mol. The third-order valence-electron chi connectivity index (χ3n) is 2.83. The van der Waals surface area contributed by atoms with E-state index in [2.05, 4.69) is 19.9 Å². The van der Waals surface area contributed by atoms with Crippen molar-refractivity contribution in [2.45, 2.75) is 39.7 Å². The first-order chi connectivity index (χ1) is 8.04. The second-order valence-electron chi connectivity index (χ2n) is 4.60. The first-order valence-corrected chi connectivity index (χ1v) is 6.00. The lowest BCUT2D eigenvalue weighted by Gasteiger charge is -2.14. The Bertz CT molecular complexity index is 390. The van der Waals surface area contributed by atoms with Crippen LogP contribution in [0.5, 0.6) is 5.75 Å². The van der Waals surface area contributed by atoms with E-state index in [1.165, 1.54) is 5.57 Å². The van der Waals surface area contributed by atoms with E-state index in [4.69, 9.17) is 4.74 Å². The molecule has 1 atom stereocenters. The number of hydrogen-bond donors (Lipinski definition) is 1. The molecule has 0 saturated heterocycles. The zero-order valence-corrected chi connectivity index (χ0v) is 11.2. The molecule has 1 rings (SSSR count). The highest BCUT2D eigenvalue weighted by Crippen LogP contribution is 2.25. The molecule has 0 aliphatic heterocycles. The van der Waals surface area contributed by atoms with E-state index in [-0.39, 0.29) is 0 Å². The second kappa shape index (κ2) is 6.45. The van der Waals surface area contributed by atoms with Crippen molar-refractivity contribution in [1.82, 2.24) is 0 Å². The molecule has 1 unspecified atom stereocenters. The van der Waals surface area contributed by atoms with Crippen LogP contribution in [0, 0.1) is 6.92 Å². The molecule has 0 aliphatic carbocycles. The van der Waals surface area contributed by atoms with Crippen molar-refractivity contribution in [3.8, 4) is 5.75 Å². The lowest BCUT2D eigenvalue weighted by molar-refractivity contribution is 0.168. The molecule has 1 aromatic rings. The van der Waals surface area contributed by atoms with E-state index >= 15 is 0 Å². The maximum absolute atomic E-state index is 10.1. The summed E-state index contributed by atoms with van der Waals surface area (Å²) in [5.41, 5.74) is 3.37. The third-order valence-corrected chi connectivity index (χ3v) is 2.83. The molecule has 94 valence electrons. The van der Waals surface area contributed by atoms with E-state index in [0.717, 1.165) is 29.7 Å². The van der Waals surface area contributed by atoms with Gasteiger partial charge in [0.25, 0.3) is 0 Å². The summed E-state index contributed by atoms with van der Waals surface area (Å²) in [6, 6.07) is 5.80. The van der Waals surface area contributed by atoms with E-state index in [1.807, 2.05) is 25.1 Å². The highest BCUT2D eigenvalue weighted by Gasteiger charge is 2.10. The average Bonchev–Trinajstić information content (AvgIpc) is 2.28. The molecule has 0 spiro atoms. The van der Waals surface area contributed by atoms with Gasteiger partial charge in [0, 0.05) is 0 Å². The molecular formula is C15H22O2. The maximum Gasteiger partial charge on any atom is 0.119 e. The van der Waals surface area contributed by atoms with Crippen molar-refractivity contribution in [3.63, 3.8) is 0 Å². The highest BCUT2D eigenvalue weighted by atomic mass is 16.5. The van der Waals surface area contributed by atoms with Crippen LogP contribution in [0.3, 0.4) is 0 Å². The number of rotatable bonds is 5. The van der Waals surface area contributed by atoms with Gasteiger partial charge < -0.3 is 9.84 Å². The van der Waals surface area contributed by atoms with E-state index < -0.39 is 6.10 Å². The summed E-state index contributed by atoms with van der Waals surface area (Å²) in [7, 11) is 1.65. The average molecular weight is 234 g/mol. The molecule has 0 aromatic heterocycles. The molecule has 17 heavy (non-hydrogen) atoms. The monoisotopic (exact) mass is 234 g/mol. The van der Waals surface area contributed by atoms with Crippen molar-refractivity contribution in [2.75, 3.05) is 7.11 Å². The lowest BCUT2D eigenvalue weighted by Crippen LogP contribution is -2.00. The van der Waals surface area contributed by atoms with Gasteiger partial charge >= 0.3 is 0 Å². The van der Waals surface area contributed by atoms with Crippen LogP contribution in [0.1, 0.15) is 43.9 Å². The smallest absolute Gasteiger partial charge is 0.119 e. The van der Waals surface area contributed by atoms with Crippen LogP contribution in [0.15, 0.2) is 29.8 Å². The van der Waals surface area contributed by atoms with E-state index in [1.54, 1.807) is 7.11 Å². The zero-order chi connectivity index (χ0) is 12.8. The fourth-order valence-corrected chi connectivity index (χ4v) is 1.83. The Kier molecular flexibility index (Phi) is 5.23. The number of benzene rings is 1. The van der Waals surface area contributed by atoms with Gasteiger partial charge in [-0.3, -0.25) is 0 Å². The van der Waals surface area contributed by atoms with Crippen molar-refractivity contribution in [3.05, 3.63) is 41.0 Å². The minimum Gasteiger partial charge on any atom is -0.497 e. The normalized spacial score (nSPS) is 12.1. The number of aliphatic hydroxyl groups is 1. The minimum atomic E-state index is -0.392. The first-order valence-electron chi connectivity index (χ1n) is 6.00. The number of aryl methyl sites for hydroxylation is 1. The molecule has 0 radical (unpaired) electrons. The molecule has 1 aromatic carbocycles. The van der Waals surface area contributed by atoms with Gasteiger partial charge in [0.05, 0.1) is 13.2 Å². The fourth-order valence-electron chi connectivity index (χ4n) is 1.83. The second-order valence-corrected chi connectivity index (χ2v) is 4.60. The van der Waals surface area contributed by atoms with Gasteiger partial charge in [-0.1, -0.05) is 17.7 Å². The molecule has 0 saturated carbocycles. The quantitative estimate of drug-likeness (QED) is 0.785. The summed E-state index contributed by atoms with van der Waals surface area (Å²) in [6.07, 6.45) is 3.44. The molecule has 2 nitrogen and oxygen atoms in total. The Balaban J connectivity index is 2.68. The van der Waals surface area contributed by atoms with Gasteiger partial charge in [-0.2, -0.15) is 0 Å². The SMILES string of the molecule is COc1ccc(C(O)CCC=C(C)C)c(C)c1. The fraction of sp³-hybridized carbons (Fsp3) is 0.467. The van der Waals surface area contributed by atoms with Crippen molar-refractivity contribution < 1.29 is 9.84 Å². The number of allylic oxidation sites excluding steroid dienone is 2. The van der Waals surface area contributed by atoms with Crippen LogP contribution >= 0.6 is 0 Å². The van der Waals surface area contributed by atoms with Crippen LogP contribution in [-0.2, 0) is 0 Å². The van der Waals surface area contributed by atoms with Crippen LogP contribution < -0.4 is 4.74 Å². The van der Waals surface area contributed by atoms with Gasteiger partial charge in [0.1, 0.15) is 5.75 Å². The summed E-state index contributed by atoms with van der Waals surface area (Å²) >= 11 is 0. The van der Waals surface area contributed by atoms with Crippen molar-refractivity contribution in [2.24, 2.45) is 0 Å². The number of hydrogen-bond acceptors (Lipinski definition) is 2. The van der Waals surface area contributed by atoms with Gasteiger partial charge in [0.2, 0.25) is 0 Å². The molecule has 0 amide bonds. The zero-order valence-electron chi connectivity index (χ0n) is 11.2. The number of aliphatic hydroxyl groups excluding tert-OH is 1. The predicted octanol–water partition coefficient (Wildman–Crippen LogP) is 3.78. The van der Waals surface area contributed by atoms with Gasteiger partial charge in [-0.15, -0.1) is 0 Å². The largest absolute Gasteiger partial charge is 0.497 e. The summed E-state index contributed by atoms with van der Waals surface area (Å²) in [5, 5.41) is 10.1. The summed E-state index contributed by atoms with van der Waals surface area (Å²) in [5.74, 6) is 0.836. The molecule has 0 heterocycles. The molecule has 1 N–H and O–H groups in total. The highest BCUT2D eigenvalue weighted by molar-refractivity contribution is 5.36. The first kappa shape index (κ1) is 13.8. The topological polar surface area (TPSA) is 29.5 Å². The van der Waals surface area contributed by atoms with Gasteiger partial charge in [0.15, 0.2) is 0 Å². The Morgan fingerprint density at radius 1 is 1.41 bits per heavy atom. The molecular weight excluding hydrogens is 212 g/mol. The molecule has 2 heteroatoms. The molecule has 0 fully saturated rings. The van der Waals surface area contributed by atoms with Gasteiger partial charge in [-0.05, 0) is 56.9 Å². The van der Waals surface area contributed by atoms with Crippen LogP contribution in [0.2, 0.25) is 0 Å². The van der Waals surface area contributed by atoms with Crippen LogP contribution in [-0.4, -0.2) is 12.2 Å². The van der Waals surface area contributed by atoms with Crippen LogP contribution in [0.25, 0.3) is 0 Å². The maximum atomic E-state index is 10.1. The van der Waals surface area contributed by atoms with E-state index in [0.29, 0.717) is 0 Å². The lowest BCUT2D eigenvalue weighted by atomic mass is 9.99. The summed E-state index contributed by atoms with van der Waals surface area (Å²) < 4.78 is 5.15. The number of ether oxygens (including phenoxy) is 1. The number of methoxy groups -OCH3 is 1.